The molecule has 1 saturated heterocycles. The first kappa shape index (κ1) is 14.2. The number of hydrogen-bond donors (Lipinski definition) is 1. The number of aryl methyl sites for hydroxylation is 1. The van der Waals surface area contributed by atoms with Crippen LogP contribution in [-0.4, -0.2) is 18.1 Å². The van der Waals surface area contributed by atoms with Gasteiger partial charge in [0.1, 0.15) is 5.82 Å². The third-order valence-corrected chi connectivity index (χ3v) is 4.32. The predicted molar refractivity (Wildman–Crippen MR) is 82.4 cm³/mol. The van der Waals surface area contributed by atoms with Crippen LogP contribution in [0.2, 0.25) is 0 Å². The van der Waals surface area contributed by atoms with E-state index in [1.54, 1.807) is 6.20 Å². The fraction of sp³-hybridized carbons (Fsp3) is 0.688. The SMILES string of the molecule is Cc1cc(N)cnc1N1CCCC(C(C)(C)C)CC1. The summed E-state index contributed by atoms with van der Waals surface area (Å²) in [5.74, 6) is 1.93. The highest BCUT2D eigenvalue weighted by molar-refractivity contribution is 5.52. The lowest BCUT2D eigenvalue weighted by molar-refractivity contribution is 0.220. The minimum atomic E-state index is 0.416. The smallest absolute Gasteiger partial charge is 0.131 e. The monoisotopic (exact) mass is 261 g/mol. The van der Waals surface area contributed by atoms with Gasteiger partial charge in [0.2, 0.25) is 0 Å². The summed E-state index contributed by atoms with van der Waals surface area (Å²) >= 11 is 0. The summed E-state index contributed by atoms with van der Waals surface area (Å²) in [7, 11) is 0. The first-order chi connectivity index (χ1) is 8.88. The Morgan fingerprint density at radius 1 is 1.26 bits per heavy atom. The predicted octanol–water partition coefficient (Wildman–Crippen LogP) is 3.62. The van der Waals surface area contributed by atoms with Crippen molar-refractivity contribution in [1.29, 1.82) is 0 Å². The second kappa shape index (κ2) is 5.40. The topological polar surface area (TPSA) is 42.1 Å². The van der Waals surface area contributed by atoms with Crippen molar-refractivity contribution in [2.45, 2.75) is 47.0 Å². The van der Waals surface area contributed by atoms with Gasteiger partial charge in [0.15, 0.2) is 0 Å². The number of aromatic nitrogens is 1. The number of nitrogens with two attached hydrogens (primary N) is 1. The van der Waals surface area contributed by atoms with Crippen LogP contribution in [0.3, 0.4) is 0 Å². The average molecular weight is 261 g/mol. The van der Waals surface area contributed by atoms with Gasteiger partial charge in [-0.15, -0.1) is 0 Å². The quantitative estimate of drug-likeness (QED) is 0.839. The number of rotatable bonds is 1. The highest BCUT2D eigenvalue weighted by Gasteiger charge is 2.27. The van der Waals surface area contributed by atoms with E-state index in [0.717, 1.165) is 30.5 Å². The van der Waals surface area contributed by atoms with Crippen molar-refractivity contribution in [3.05, 3.63) is 17.8 Å². The molecule has 3 nitrogen and oxygen atoms in total. The summed E-state index contributed by atoms with van der Waals surface area (Å²) in [5, 5.41) is 0. The molecular weight excluding hydrogens is 234 g/mol. The molecule has 2 N–H and O–H groups in total. The largest absolute Gasteiger partial charge is 0.397 e. The van der Waals surface area contributed by atoms with Crippen LogP contribution in [0.5, 0.6) is 0 Å². The zero-order chi connectivity index (χ0) is 14.0. The van der Waals surface area contributed by atoms with Gasteiger partial charge < -0.3 is 10.6 Å². The van der Waals surface area contributed by atoms with Crippen LogP contribution >= 0.6 is 0 Å². The average Bonchev–Trinajstić information content (AvgIpc) is 2.54. The molecule has 0 aliphatic carbocycles. The van der Waals surface area contributed by atoms with Gasteiger partial charge in [0.05, 0.1) is 11.9 Å². The van der Waals surface area contributed by atoms with Gasteiger partial charge >= 0.3 is 0 Å². The van der Waals surface area contributed by atoms with E-state index in [-0.39, 0.29) is 0 Å². The summed E-state index contributed by atoms with van der Waals surface area (Å²) in [5.41, 5.74) is 8.14. The van der Waals surface area contributed by atoms with E-state index in [1.807, 2.05) is 6.07 Å². The van der Waals surface area contributed by atoms with Crippen LogP contribution in [0.15, 0.2) is 12.3 Å². The maximum absolute atomic E-state index is 5.79. The molecule has 1 aromatic rings. The van der Waals surface area contributed by atoms with E-state index in [2.05, 4.69) is 37.6 Å². The summed E-state index contributed by atoms with van der Waals surface area (Å²) in [6.45, 7) is 11.4. The molecule has 1 aliphatic rings. The molecule has 106 valence electrons. The summed E-state index contributed by atoms with van der Waals surface area (Å²) in [4.78, 5) is 6.96. The molecule has 1 aliphatic heterocycles. The van der Waals surface area contributed by atoms with Gasteiger partial charge in [-0.05, 0) is 49.1 Å². The molecule has 3 heteroatoms. The fourth-order valence-corrected chi connectivity index (χ4v) is 3.09. The van der Waals surface area contributed by atoms with Crippen molar-refractivity contribution >= 4 is 11.5 Å². The minimum absolute atomic E-state index is 0.416. The molecule has 0 saturated carbocycles. The summed E-state index contributed by atoms with van der Waals surface area (Å²) < 4.78 is 0. The Morgan fingerprint density at radius 3 is 2.63 bits per heavy atom. The van der Waals surface area contributed by atoms with E-state index in [0.29, 0.717) is 5.41 Å². The van der Waals surface area contributed by atoms with Crippen molar-refractivity contribution in [3.63, 3.8) is 0 Å². The Kier molecular flexibility index (Phi) is 4.02. The van der Waals surface area contributed by atoms with Crippen molar-refractivity contribution in [3.8, 4) is 0 Å². The van der Waals surface area contributed by atoms with E-state index in [1.165, 1.54) is 24.8 Å². The molecular formula is C16H27N3. The van der Waals surface area contributed by atoms with Crippen LogP contribution in [0.1, 0.15) is 45.6 Å². The molecule has 1 unspecified atom stereocenters. The Hall–Kier alpha value is -1.25. The Balaban J connectivity index is 2.11. The molecule has 1 atom stereocenters. The van der Waals surface area contributed by atoms with Gasteiger partial charge in [0, 0.05) is 13.1 Å². The number of pyridine rings is 1. The van der Waals surface area contributed by atoms with E-state index >= 15 is 0 Å². The third-order valence-electron chi connectivity index (χ3n) is 4.32. The van der Waals surface area contributed by atoms with Crippen LogP contribution in [0.4, 0.5) is 11.5 Å². The van der Waals surface area contributed by atoms with Crippen LogP contribution < -0.4 is 10.6 Å². The lowest BCUT2D eigenvalue weighted by Gasteiger charge is -2.30. The zero-order valence-electron chi connectivity index (χ0n) is 12.7. The molecule has 0 aromatic carbocycles. The Bertz CT molecular complexity index is 434. The Morgan fingerprint density at radius 2 is 2.00 bits per heavy atom. The van der Waals surface area contributed by atoms with Crippen molar-refractivity contribution < 1.29 is 0 Å². The number of nitrogen functional groups attached to an aromatic ring is 1. The van der Waals surface area contributed by atoms with Gasteiger partial charge in [-0.3, -0.25) is 0 Å². The van der Waals surface area contributed by atoms with Crippen LogP contribution in [0, 0.1) is 18.3 Å². The molecule has 0 bridgehead atoms. The zero-order valence-corrected chi connectivity index (χ0v) is 12.7. The Labute approximate surface area is 117 Å². The highest BCUT2D eigenvalue weighted by atomic mass is 15.2. The van der Waals surface area contributed by atoms with Crippen molar-refractivity contribution in [2.75, 3.05) is 23.7 Å². The molecule has 0 radical (unpaired) electrons. The number of anilines is 2. The molecule has 0 amide bonds. The second-order valence-electron chi connectivity index (χ2n) is 6.89. The maximum atomic E-state index is 5.79. The van der Waals surface area contributed by atoms with Gasteiger partial charge in [-0.25, -0.2) is 4.98 Å². The van der Waals surface area contributed by atoms with Crippen LogP contribution in [-0.2, 0) is 0 Å². The van der Waals surface area contributed by atoms with E-state index in [4.69, 9.17) is 5.73 Å². The summed E-state index contributed by atoms with van der Waals surface area (Å²) in [6, 6.07) is 2.02. The van der Waals surface area contributed by atoms with E-state index < -0.39 is 0 Å². The first-order valence-corrected chi connectivity index (χ1v) is 7.35. The minimum Gasteiger partial charge on any atom is -0.397 e. The van der Waals surface area contributed by atoms with Gasteiger partial charge in [-0.1, -0.05) is 20.8 Å². The van der Waals surface area contributed by atoms with Gasteiger partial charge in [0.25, 0.3) is 0 Å². The van der Waals surface area contributed by atoms with E-state index in [9.17, 15) is 0 Å². The highest BCUT2D eigenvalue weighted by Crippen LogP contribution is 2.35. The molecule has 19 heavy (non-hydrogen) atoms. The van der Waals surface area contributed by atoms with Gasteiger partial charge in [-0.2, -0.15) is 0 Å². The maximum Gasteiger partial charge on any atom is 0.131 e. The molecule has 2 rings (SSSR count). The van der Waals surface area contributed by atoms with Crippen molar-refractivity contribution in [2.24, 2.45) is 11.3 Å². The first-order valence-electron chi connectivity index (χ1n) is 7.35. The second-order valence-corrected chi connectivity index (χ2v) is 6.89. The lowest BCUT2D eigenvalue weighted by atomic mass is 9.77. The number of nitrogens with zero attached hydrogens (tertiary/aromatic N) is 2. The third kappa shape index (κ3) is 3.40. The number of hydrogen-bond acceptors (Lipinski definition) is 3. The molecule has 2 heterocycles. The van der Waals surface area contributed by atoms with Crippen molar-refractivity contribution in [1.82, 2.24) is 4.98 Å². The molecule has 1 fully saturated rings. The van der Waals surface area contributed by atoms with Crippen LogP contribution in [0.25, 0.3) is 0 Å². The standard InChI is InChI=1S/C16H27N3/c1-12-10-14(17)11-18-15(12)19-8-5-6-13(7-9-19)16(2,3)4/h10-11,13H,5-9,17H2,1-4H3. The lowest BCUT2D eigenvalue weighted by Crippen LogP contribution is -2.27. The molecule has 1 aromatic heterocycles. The molecule has 0 spiro atoms. The summed E-state index contributed by atoms with van der Waals surface area (Å²) in [6.07, 6.45) is 5.62. The normalized spacial score (nSPS) is 21.3. The fourth-order valence-electron chi connectivity index (χ4n) is 3.09.